The molecular weight excluding hydrogens is 253 g/mol. The Bertz CT molecular complexity index is 611. The molecule has 0 aliphatic carbocycles. The molecule has 3 rings (SSSR count). The highest BCUT2D eigenvalue weighted by atomic mass is 19.1. The zero-order valence-corrected chi connectivity index (χ0v) is 11.1. The van der Waals surface area contributed by atoms with Crippen LogP contribution < -0.4 is 0 Å². The molecule has 0 radical (unpaired) electrons. The molecule has 20 heavy (non-hydrogen) atoms. The molecule has 1 fully saturated rings. The van der Waals surface area contributed by atoms with Crippen LogP contribution >= 0.6 is 0 Å². The van der Waals surface area contributed by atoms with Crippen LogP contribution in [-0.4, -0.2) is 23.4 Å². The van der Waals surface area contributed by atoms with Crippen LogP contribution in [0.5, 0.6) is 0 Å². The van der Waals surface area contributed by atoms with Crippen molar-refractivity contribution >= 4 is 5.91 Å². The Hall–Kier alpha value is -2.16. The highest BCUT2D eigenvalue weighted by Crippen LogP contribution is 2.24. The Labute approximate surface area is 117 Å². The largest absolute Gasteiger partial charge is 0.335 e. The Morgan fingerprint density at radius 1 is 1.15 bits per heavy atom. The van der Waals surface area contributed by atoms with Gasteiger partial charge < -0.3 is 4.90 Å². The van der Waals surface area contributed by atoms with Crippen LogP contribution in [0.25, 0.3) is 0 Å². The van der Waals surface area contributed by atoms with Gasteiger partial charge in [-0.3, -0.25) is 4.79 Å². The van der Waals surface area contributed by atoms with Crippen molar-refractivity contribution in [2.75, 3.05) is 6.54 Å². The number of benzene rings is 2. The zero-order valence-electron chi connectivity index (χ0n) is 11.1. The minimum absolute atomic E-state index is 0.0725. The van der Waals surface area contributed by atoms with E-state index in [2.05, 4.69) is 12.1 Å². The number of halogens is 1. The van der Waals surface area contributed by atoms with Gasteiger partial charge in [-0.1, -0.05) is 36.4 Å². The molecule has 1 heterocycles. The first-order chi connectivity index (χ1) is 9.74. The number of amides is 1. The minimum atomic E-state index is -0.365. The van der Waals surface area contributed by atoms with Crippen molar-refractivity contribution in [3.8, 4) is 0 Å². The number of hydrogen-bond donors (Lipinski definition) is 0. The molecule has 0 saturated carbocycles. The lowest BCUT2D eigenvalue weighted by Crippen LogP contribution is -2.52. The molecule has 0 bridgehead atoms. The summed E-state index contributed by atoms with van der Waals surface area (Å²) in [5, 5.41) is 0. The SMILES string of the molecule is O=C(c1cccc(F)c1)N1CCC1Cc1ccccc1. The van der Waals surface area contributed by atoms with E-state index in [1.165, 1.54) is 17.7 Å². The number of carbonyl (C=O) groups is 1. The van der Waals surface area contributed by atoms with Crippen molar-refractivity contribution < 1.29 is 9.18 Å². The monoisotopic (exact) mass is 269 g/mol. The summed E-state index contributed by atoms with van der Waals surface area (Å²) in [7, 11) is 0. The third-order valence-corrected chi connectivity index (χ3v) is 3.79. The van der Waals surface area contributed by atoms with Crippen molar-refractivity contribution in [3.05, 3.63) is 71.5 Å². The molecule has 1 aliphatic heterocycles. The molecule has 1 atom stereocenters. The lowest BCUT2D eigenvalue weighted by atomic mass is 9.94. The molecular formula is C17H16FNO. The number of carbonyl (C=O) groups excluding carboxylic acids is 1. The Balaban J connectivity index is 1.70. The van der Waals surface area contributed by atoms with Gasteiger partial charge in [0.1, 0.15) is 5.82 Å². The van der Waals surface area contributed by atoms with E-state index in [9.17, 15) is 9.18 Å². The van der Waals surface area contributed by atoms with Gasteiger partial charge in [0.15, 0.2) is 0 Å². The number of hydrogen-bond acceptors (Lipinski definition) is 1. The van der Waals surface area contributed by atoms with Gasteiger partial charge in [-0.05, 0) is 36.6 Å². The molecule has 0 aromatic heterocycles. The number of rotatable bonds is 3. The quantitative estimate of drug-likeness (QED) is 0.837. The van der Waals surface area contributed by atoms with Gasteiger partial charge in [0.2, 0.25) is 0 Å². The predicted octanol–water partition coefficient (Wildman–Crippen LogP) is 3.28. The second-order valence-electron chi connectivity index (χ2n) is 5.14. The third-order valence-electron chi connectivity index (χ3n) is 3.79. The van der Waals surface area contributed by atoms with E-state index in [0.29, 0.717) is 5.56 Å². The first kappa shape index (κ1) is 12.9. The first-order valence-corrected chi connectivity index (χ1v) is 6.84. The smallest absolute Gasteiger partial charge is 0.254 e. The van der Waals surface area contributed by atoms with E-state index in [4.69, 9.17) is 0 Å². The van der Waals surface area contributed by atoms with E-state index in [1.807, 2.05) is 23.1 Å². The van der Waals surface area contributed by atoms with Crippen LogP contribution in [0.15, 0.2) is 54.6 Å². The standard InChI is InChI=1S/C17H16FNO/c18-15-8-4-7-14(12-15)17(20)19-10-9-16(19)11-13-5-2-1-3-6-13/h1-8,12,16H,9-11H2. The fourth-order valence-electron chi connectivity index (χ4n) is 2.59. The van der Waals surface area contributed by atoms with Crippen molar-refractivity contribution in [2.45, 2.75) is 18.9 Å². The van der Waals surface area contributed by atoms with E-state index in [0.717, 1.165) is 19.4 Å². The van der Waals surface area contributed by atoms with Gasteiger partial charge in [0.05, 0.1) is 0 Å². The van der Waals surface area contributed by atoms with E-state index < -0.39 is 0 Å². The molecule has 0 N–H and O–H groups in total. The van der Waals surface area contributed by atoms with E-state index in [1.54, 1.807) is 12.1 Å². The maximum Gasteiger partial charge on any atom is 0.254 e. The summed E-state index contributed by atoms with van der Waals surface area (Å²) in [6, 6.07) is 16.3. The summed E-state index contributed by atoms with van der Waals surface area (Å²) >= 11 is 0. The second kappa shape index (κ2) is 5.45. The van der Waals surface area contributed by atoms with Crippen LogP contribution in [0.4, 0.5) is 4.39 Å². The predicted molar refractivity (Wildman–Crippen MR) is 76.0 cm³/mol. The topological polar surface area (TPSA) is 20.3 Å². The summed E-state index contributed by atoms with van der Waals surface area (Å²) < 4.78 is 13.2. The second-order valence-corrected chi connectivity index (χ2v) is 5.14. The molecule has 0 spiro atoms. The zero-order chi connectivity index (χ0) is 13.9. The van der Waals surface area contributed by atoms with E-state index >= 15 is 0 Å². The van der Waals surface area contributed by atoms with E-state index in [-0.39, 0.29) is 17.8 Å². The van der Waals surface area contributed by atoms with Crippen LogP contribution in [0.1, 0.15) is 22.3 Å². The summed E-state index contributed by atoms with van der Waals surface area (Å²) in [6.07, 6.45) is 1.87. The normalized spacial score (nSPS) is 17.6. The van der Waals surface area contributed by atoms with Crippen LogP contribution in [0.3, 0.4) is 0 Å². The molecule has 2 aromatic rings. The highest BCUT2D eigenvalue weighted by Gasteiger charge is 2.32. The van der Waals surface area contributed by atoms with Gasteiger partial charge in [-0.2, -0.15) is 0 Å². The highest BCUT2D eigenvalue weighted by molar-refractivity contribution is 5.94. The summed E-state index contributed by atoms with van der Waals surface area (Å²) in [5.41, 5.74) is 1.66. The molecule has 1 amide bonds. The van der Waals surface area contributed by atoms with Gasteiger partial charge in [-0.25, -0.2) is 4.39 Å². The van der Waals surface area contributed by atoms with Crippen LogP contribution in [0.2, 0.25) is 0 Å². The fourth-order valence-corrected chi connectivity index (χ4v) is 2.59. The number of nitrogens with zero attached hydrogens (tertiary/aromatic N) is 1. The summed E-state index contributed by atoms with van der Waals surface area (Å²) in [5.74, 6) is -0.437. The molecule has 1 saturated heterocycles. The molecule has 102 valence electrons. The summed E-state index contributed by atoms with van der Waals surface area (Å²) in [4.78, 5) is 14.2. The van der Waals surface area contributed by atoms with Crippen molar-refractivity contribution in [3.63, 3.8) is 0 Å². The maximum atomic E-state index is 13.2. The van der Waals surface area contributed by atoms with Gasteiger partial charge in [0.25, 0.3) is 5.91 Å². The molecule has 1 unspecified atom stereocenters. The van der Waals surface area contributed by atoms with Crippen molar-refractivity contribution in [2.24, 2.45) is 0 Å². The van der Waals surface area contributed by atoms with Gasteiger partial charge >= 0.3 is 0 Å². The maximum absolute atomic E-state index is 13.2. The molecule has 2 aromatic carbocycles. The number of likely N-dealkylation sites (tertiary alicyclic amines) is 1. The van der Waals surface area contributed by atoms with Crippen molar-refractivity contribution in [1.29, 1.82) is 0 Å². The fraction of sp³-hybridized carbons (Fsp3) is 0.235. The average molecular weight is 269 g/mol. The average Bonchev–Trinajstić information content (AvgIpc) is 2.45. The Morgan fingerprint density at radius 3 is 2.60 bits per heavy atom. The van der Waals surface area contributed by atoms with Crippen LogP contribution in [0, 0.1) is 5.82 Å². The summed E-state index contributed by atoms with van der Waals surface area (Å²) in [6.45, 7) is 0.757. The molecule has 2 nitrogen and oxygen atoms in total. The van der Waals surface area contributed by atoms with Crippen molar-refractivity contribution in [1.82, 2.24) is 4.90 Å². The van der Waals surface area contributed by atoms with Gasteiger partial charge in [0, 0.05) is 18.2 Å². The lowest BCUT2D eigenvalue weighted by molar-refractivity contribution is 0.0464. The Morgan fingerprint density at radius 2 is 1.95 bits per heavy atom. The van der Waals surface area contributed by atoms with Crippen LogP contribution in [-0.2, 0) is 6.42 Å². The Kier molecular flexibility index (Phi) is 3.50. The minimum Gasteiger partial charge on any atom is -0.335 e. The third kappa shape index (κ3) is 2.57. The molecule has 3 heteroatoms. The van der Waals surface area contributed by atoms with Gasteiger partial charge in [-0.15, -0.1) is 0 Å². The first-order valence-electron chi connectivity index (χ1n) is 6.84. The molecule has 1 aliphatic rings. The lowest BCUT2D eigenvalue weighted by Gasteiger charge is -2.41.